The molecule has 0 aliphatic heterocycles. The second-order valence-electron chi connectivity index (χ2n) is 5.82. The molecule has 0 aromatic heterocycles. The van der Waals surface area contributed by atoms with Crippen molar-refractivity contribution < 1.29 is 13.2 Å². The molecule has 6 nitrogen and oxygen atoms in total. The van der Waals surface area contributed by atoms with Crippen LogP contribution < -0.4 is 5.73 Å². The van der Waals surface area contributed by atoms with E-state index < -0.39 is 10.0 Å². The standard InChI is InChI=1S/C17H29N3O3S.ClH/c1-5-20(6-2)24(22,23)16-10-7-15(8-11-16)9-12-17(21)19(4)14(3)13-18;/h7-8,10-11,14H,5-6,9,12-13,18H2,1-4H3;1H. The van der Waals surface area contributed by atoms with Crippen LogP contribution in [0.4, 0.5) is 0 Å². The van der Waals surface area contributed by atoms with Gasteiger partial charge in [-0.05, 0) is 31.0 Å². The molecule has 1 aromatic rings. The van der Waals surface area contributed by atoms with Gasteiger partial charge in [-0.15, -0.1) is 12.4 Å². The van der Waals surface area contributed by atoms with Crippen LogP contribution in [-0.4, -0.2) is 56.3 Å². The van der Waals surface area contributed by atoms with Crippen molar-refractivity contribution in [1.29, 1.82) is 0 Å². The van der Waals surface area contributed by atoms with Gasteiger partial charge in [-0.1, -0.05) is 26.0 Å². The molecule has 144 valence electrons. The molecular formula is C17H30ClN3O3S. The number of nitrogens with two attached hydrogens (primary N) is 1. The maximum atomic E-state index is 12.4. The molecule has 0 heterocycles. The highest BCUT2D eigenvalue weighted by Gasteiger charge is 2.21. The molecule has 0 aliphatic rings. The second kappa shape index (κ2) is 10.8. The fraction of sp³-hybridized carbons (Fsp3) is 0.588. The van der Waals surface area contributed by atoms with Crippen LogP contribution in [0.1, 0.15) is 32.8 Å². The van der Waals surface area contributed by atoms with Crippen LogP contribution in [-0.2, 0) is 21.2 Å². The zero-order valence-electron chi connectivity index (χ0n) is 15.4. The van der Waals surface area contributed by atoms with Gasteiger partial charge in [0.15, 0.2) is 0 Å². The largest absolute Gasteiger partial charge is 0.342 e. The number of benzene rings is 1. The lowest BCUT2D eigenvalue weighted by molar-refractivity contribution is -0.131. The average Bonchev–Trinajstić information content (AvgIpc) is 2.59. The number of aryl methyl sites for hydroxylation is 1. The number of nitrogens with zero attached hydrogens (tertiary/aromatic N) is 2. The lowest BCUT2D eigenvalue weighted by Gasteiger charge is -2.23. The minimum absolute atomic E-state index is 0. The van der Waals surface area contributed by atoms with Gasteiger partial charge < -0.3 is 10.6 Å². The summed E-state index contributed by atoms with van der Waals surface area (Å²) in [5.74, 6) is 0.0350. The van der Waals surface area contributed by atoms with Crippen molar-refractivity contribution in [3.63, 3.8) is 0 Å². The van der Waals surface area contributed by atoms with Gasteiger partial charge in [-0.25, -0.2) is 8.42 Å². The van der Waals surface area contributed by atoms with Gasteiger partial charge in [0.2, 0.25) is 15.9 Å². The molecule has 1 unspecified atom stereocenters. The van der Waals surface area contributed by atoms with Crippen molar-refractivity contribution in [3.8, 4) is 0 Å². The maximum Gasteiger partial charge on any atom is 0.243 e. The average molecular weight is 392 g/mol. The van der Waals surface area contributed by atoms with Crippen molar-refractivity contribution in [2.24, 2.45) is 5.73 Å². The summed E-state index contributed by atoms with van der Waals surface area (Å²) in [5, 5.41) is 0. The third-order valence-electron chi connectivity index (χ3n) is 4.29. The molecule has 25 heavy (non-hydrogen) atoms. The third-order valence-corrected chi connectivity index (χ3v) is 6.35. The van der Waals surface area contributed by atoms with Gasteiger partial charge in [0.1, 0.15) is 0 Å². The van der Waals surface area contributed by atoms with Gasteiger partial charge in [0.25, 0.3) is 0 Å². The molecule has 0 aliphatic carbocycles. The topological polar surface area (TPSA) is 83.7 Å². The van der Waals surface area contributed by atoms with Crippen LogP contribution in [0.25, 0.3) is 0 Å². The first-order chi connectivity index (χ1) is 11.3. The summed E-state index contributed by atoms with van der Waals surface area (Å²) < 4.78 is 26.3. The van der Waals surface area contributed by atoms with E-state index in [1.54, 1.807) is 36.2 Å². The fourth-order valence-corrected chi connectivity index (χ4v) is 3.83. The first kappa shape index (κ1) is 23.9. The molecule has 2 N–H and O–H groups in total. The predicted octanol–water partition coefficient (Wildman–Crippen LogP) is 1.88. The number of carbonyl (C=O) groups is 1. The highest BCUT2D eigenvalue weighted by molar-refractivity contribution is 7.89. The SMILES string of the molecule is CCN(CC)S(=O)(=O)c1ccc(CCC(=O)N(C)C(C)CN)cc1.Cl. The predicted molar refractivity (Wildman–Crippen MR) is 103 cm³/mol. The van der Waals surface area contributed by atoms with Crippen LogP contribution in [0.3, 0.4) is 0 Å². The fourth-order valence-electron chi connectivity index (χ4n) is 2.37. The number of hydrogen-bond donors (Lipinski definition) is 1. The van der Waals surface area contributed by atoms with E-state index >= 15 is 0 Å². The van der Waals surface area contributed by atoms with Crippen molar-refractivity contribution in [2.75, 3.05) is 26.7 Å². The van der Waals surface area contributed by atoms with Gasteiger partial charge in [-0.2, -0.15) is 4.31 Å². The second-order valence-corrected chi connectivity index (χ2v) is 7.76. The number of rotatable bonds is 9. The number of hydrogen-bond acceptors (Lipinski definition) is 4. The molecular weight excluding hydrogens is 362 g/mol. The zero-order chi connectivity index (χ0) is 18.3. The number of amides is 1. The van der Waals surface area contributed by atoms with E-state index in [0.717, 1.165) is 5.56 Å². The smallest absolute Gasteiger partial charge is 0.243 e. The number of carbonyl (C=O) groups excluding carboxylic acids is 1. The first-order valence-electron chi connectivity index (χ1n) is 8.32. The number of sulfonamides is 1. The Morgan fingerprint density at radius 3 is 2.12 bits per heavy atom. The molecule has 1 aromatic carbocycles. The van der Waals surface area contributed by atoms with Crippen LogP contribution in [0, 0.1) is 0 Å². The Morgan fingerprint density at radius 1 is 1.16 bits per heavy atom. The molecule has 0 spiro atoms. The van der Waals surface area contributed by atoms with Crippen molar-refractivity contribution in [3.05, 3.63) is 29.8 Å². The van der Waals surface area contributed by atoms with Gasteiger partial charge in [0, 0.05) is 39.1 Å². The molecule has 1 atom stereocenters. The molecule has 0 bridgehead atoms. The summed E-state index contributed by atoms with van der Waals surface area (Å²) in [6.45, 7) is 6.87. The molecule has 8 heteroatoms. The first-order valence-corrected chi connectivity index (χ1v) is 9.76. The van der Waals surface area contributed by atoms with Crippen LogP contribution in [0.2, 0.25) is 0 Å². The molecule has 1 amide bonds. The molecule has 0 saturated carbocycles. The lowest BCUT2D eigenvalue weighted by atomic mass is 10.1. The van der Waals surface area contributed by atoms with Crippen molar-refractivity contribution >= 4 is 28.3 Å². The summed E-state index contributed by atoms with van der Waals surface area (Å²) in [5.41, 5.74) is 6.51. The summed E-state index contributed by atoms with van der Waals surface area (Å²) in [4.78, 5) is 14.0. The zero-order valence-corrected chi connectivity index (χ0v) is 17.1. The summed E-state index contributed by atoms with van der Waals surface area (Å²) in [7, 11) is -1.68. The van der Waals surface area contributed by atoms with E-state index in [9.17, 15) is 13.2 Å². The quantitative estimate of drug-likeness (QED) is 0.696. The van der Waals surface area contributed by atoms with E-state index in [0.29, 0.717) is 32.5 Å². The monoisotopic (exact) mass is 391 g/mol. The van der Waals surface area contributed by atoms with E-state index in [4.69, 9.17) is 5.73 Å². The van der Waals surface area contributed by atoms with E-state index in [1.807, 2.05) is 20.8 Å². The van der Waals surface area contributed by atoms with Gasteiger partial charge >= 0.3 is 0 Å². The minimum Gasteiger partial charge on any atom is -0.342 e. The summed E-state index contributed by atoms with van der Waals surface area (Å²) >= 11 is 0. The van der Waals surface area contributed by atoms with Crippen LogP contribution in [0.15, 0.2) is 29.2 Å². The maximum absolute atomic E-state index is 12.4. The molecule has 1 rings (SSSR count). The van der Waals surface area contributed by atoms with E-state index in [1.165, 1.54) is 4.31 Å². The molecule has 0 saturated heterocycles. The number of halogens is 1. The van der Waals surface area contributed by atoms with Gasteiger partial charge in [-0.3, -0.25) is 4.79 Å². The molecule has 0 fully saturated rings. The summed E-state index contributed by atoms with van der Waals surface area (Å²) in [6, 6.07) is 6.78. The Morgan fingerprint density at radius 2 is 1.68 bits per heavy atom. The van der Waals surface area contributed by atoms with Crippen LogP contribution in [0.5, 0.6) is 0 Å². The Bertz CT molecular complexity index is 631. The highest BCUT2D eigenvalue weighted by Crippen LogP contribution is 2.17. The Labute approximate surface area is 157 Å². The lowest BCUT2D eigenvalue weighted by Crippen LogP contribution is -2.39. The normalized spacial score (nSPS) is 12.6. The Kier molecular flexibility index (Phi) is 10.3. The van der Waals surface area contributed by atoms with Crippen molar-refractivity contribution in [2.45, 2.75) is 44.6 Å². The van der Waals surface area contributed by atoms with Gasteiger partial charge in [0.05, 0.1) is 4.90 Å². The summed E-state index contributed by atoms with van der Waals surface area (Å²) in [6.07, 6.45) is 0.953. The van der Waals surface area contributed by atoms with E-state index in [-0.39, 0.29) is 29.3 Å². The third kappa shape index (κ3) is 6.26. The van der Waals surface area contributed by atoms with Crippen molar-refractivity contribution in [1.82, 2.24) is 9.21 Å². The minimum atomic E-state index is -3.43. The highest BCUT2D eigenvalue weighted by atomic mass is 35.5. The Hall–Kier alpha value is -1.15. The van der Waals surface area contributed by atoms with E-state index in [2.05, 4.69) is 0 Å². The van der Waals surface area contributed by atoms with Crippen LogP contribution >= 0.6 is 12.4 Å². The number of likely N-dealkylation sites (N-methyl/N-ethyl adjacent to an activating group) is 1. The Balaban J connectivity index is 0.00000576. The molecule has 0 radical (unpaired) electrons.